The normalized spacial score (nSPS) is 10.8. The zero-order valence-corrected chi connectivity index (χ0v) is 5.96. The first-order valence-corrected chi connectivity index (χ1v) is 3.66. The topological polar surface area (TPSA) is 28.7 Å². The molecule has 0 bridgehead atoms. The van der Waals surface area contributed by atoms with E-state index in [2.05, 4.69) is 9.36 Å². The maximum absolute atomic E-state index is 5.75. The van der Waals surface area contributed by atoms with Crippen LogP contribution in [-0.4, -0.2) is 9.36 Å². The van der Waals surface area contributed by atoms with Crippen molar-refractivity contribution in [1.29, 1.82) is 0 Å². The number of rotatable bonds is 0. The fourth-order valence-corrected chi connectivity index (χ4v) is 1.64. The quantitative estimate of drug-likeness (QED) is 0.626. The molecule has 2 aromatic rings. The monoisotopic (exact) mass is 158 g/mol. The summed E-state index contributed by atoms with van der Waals surface area (Å²) in [4.78, 5) is 2.94. The van der Waals surface area contributed by atoms with Crippen molar-refractivity contribution in [3.05, 3.63) is 16.6 Å². The number of nitrogens with one attached hydrogen (secondary N) is 1. The van der Waals surface area contributed by atoms with Gasteiger partial charge in [0.25, 0.3) is 0 Å². The molecule has 9 heavy (non-hydrogen) atoms. The summed E-state index contributed by atoms with van der Waals surface area (Å²) in [6.45, 7) is 0. The van der Waals surface area contributed by atoms with E-state index in [1.54, 1.807) is 6.20 Å². The Kier molecular flexibility index (Phi) is 1.00. The van der Waals surface area contributed by atoms with Crippen molar-refractivity contribution in [3.8, 4) is 0 Å². The number of H-pyrrole nitrogens is 1. The summed E-state index contributed by atoms with van der Waals surface area (Å²) < 4.78 is 4.04. The standard InChI is InChI=1S/C5H3ClN2S/c6-4-1-7-5-3(4)2-9-8-5/h1-2H,(H,7,8). The summed E-state index contributed by atoms with van der Waals surface area (Å²) in [6, 6.07) is 0. The minimum atomic E-state index is 0.749. The van der Waals surface area contributed by atoms with E-state index in [4.69, 9.17) is 11.6 Å². The molecule has 2 aromatic heterocycles. The molecule has 0 saturated carbocycles. The molecule has 0 fully saturated rings. The van der Waals surface area contributed by atoms with Gasteiger partial charge in [0, 0.05) is 17.0 Å². The van der Waals surface area contributed by atoms with Crippen LogP contribution < -0.4 is 0 Å². The summed E-state index contributed by atoms with van der Waals surface area (Å²) in [7, 11) is 0. The molecule has 0 saturated heterocycles. The van der Waals surface area contributed by atoms with Crippen LogP contribution in [0, 0.1) is 0 Å². The Balaban J connectivity index is 2.99. The number of aromatic nitrogens is 2. The van der Waals surface area contributed by atoms with Crippen LogP contribution in [0.3, 0.4) is 0 Å². The summed E-state index contributed by atoms with van der Waals surface area (Å²) in [5.74, 6) is 0. The van der Waals surface area contributed by atoms with E-state index in [1.807, 2.05) is 5.38 Å². The second kappa shape index (κ2) is 1.72. The van der Waals surface area contributed by atoms with Gasteiger partial charge in [-0.2, -0.15) is 4.37 Å². The molecule has 1 N–H and O–H groups in total. The number of aromatic amines is 1. The number of hydrogen-bond donors (Lipinski definition) is 1. The first kappa shape index (κ1) is 5.26. The van der Waals surface area contributed by atoms with Gasteiger partial charge < -0.3 is 4.98 Å². The third-order valence-corrected chi connectivity index (χ3v) is 2.10. The fraction of sp³-hybridized carbons (Fsp3) is 0. The molecule has 0 amide bonds. The molecule has 2 rings (SSSR count). The second-order valence-corrected chi connectivity index (χ2v) is 2.75. The smallest absolute Gasteiger partial charge is 0.152 e. The van der Waals surface area contributed by atoms with Gasteiger partial charge in [-0.25, -0.2) is 0 Å². The molecule has 2 heterocycles. The largest absolute Gasteiger partial charge is 0.344 e. The van der Waals surface area contributed by atoms with E-state index in [0.717, 1.165) is 16.1 Å². The predicted molar refractivity (Wildman–Crippen MR) is 39.0 cm³/mol. The lowest BCUT2D eigenvalue weighted by Crippen LogP contribution is -1.56. The van der Waals surface area contributed by atoms with Crippen molar-refractivity contribution in [2.24, 2.45) is 0 Å². The molecule has 2 nitrogen and oxygen atoms in total. The van der Waals surface area contributed by atoms with Crippen molar-refractivity contribution in [1.82, 2.24) is 9.36 Å². The molecule has 0 aliphatic heterocycles. The van der Waals surface area contributed by atoms with Crippen LogP contribution in [0.25, 0.3) is 11.0 Å². The number of halogens is 1. The van der Waals surface area contributed by atoms with E-state index in [-0.39, 0.29) is 0 Å². The molecule has 46 valence electrons. The van der Waals surface area contributed by atoms with E-state index in [0.29, 0.717) is 0 Å². The highest BCUT2D eigenvalue weighted by Crippen LogP contribution is 2.22. The maximum Gasteiger partial charge on any atom is 0.152 e. The predicted octanol–water partition coefficient (Wildman–Crippen LogP) is 2.28. The summed E-state index contributed by atoms with van der Waals surface area (Å²) >= 11 is 7.16. The summed E-state index contributed by atoms with van der Waals surface area (Å²) in [5, 5.41) is 3.69. The molecular weight excluding hydrogens is 156 g/mol. The lowest BCUT2D eigenvalue weighted by atomic mass is 10.5. The Morgan fingerprint density at radius 2 is 2.56 bits per heavy atom. The fourth-order valence-electron chi connectivity index (χ4n) is 0.720. The molecule has 0 aromatic carbocycles. The summed E-state index contributed by atoms with van der Waals surface area (Å²) in [6.07, 6.45) is 1.74. The zero-order chi connectivity index (χ0) is 6.27. The summed E-state index contributed by atoms with van der Waals surface area (Å²) in [5.41, 5.74) is 0.880. The second-order valence-electron chi connectivity index (χ2n) is 1.71. The van der Waals surface area contributed by atoms with Gasteiger partial charge in [-0.1, -0.05) is 11.6 Å². The van der Waals surface area contributed by atoms with Crippen molar-refractivity contribution in [2.45, 2.75) is 0 Å². The van der Waals surface area contributed by atoms with Gasteiger partial charge in [0.15, 0.2) is 5.65 Å². The van der Waals surface area contributed by atoms with E-state index < -0.39 is 0 Å². The lowest BCUT2D eigenvalue weighted by molar-refractivity contribution is 1.42. The minimum Gasteiger partial charge on any atom is -0.344 e. The Morgan fingerprint density at radius 1 is 1.67 bits per heavy atom. The minimum absolute atomic E-state index is 0.749. The highest BCUT2D eigenvalue weighted by molar-refractivity contribution is 7.04. The molecule has 0 atom stereocenters. The van der Waals surface area contributed by atoms with Crippen molar-refractivity contribution >= 4 is 34.2 Å². The first-order chi connectivity index (χ1) is 4.38. The van der Waals surface area contributed by atoms with Gasteiger partial charge in [0.1, 0.15) is 0 Å². The average molecular weight is 159 g/mol. The average Bonchev–Trinajstić information content (AvgIpc) is 2.35. The van der Waals surface area contributed by atoms with Crippen LogP contribution in [-0.2, 0) is 0 Å². The highest BCUT2D eigenvalue weighted by Gasteiger charge is 2.00. The molecular formula is C5H3ClN2S. The molecule has 0 aliphatic carbocycles. The van der Waals surface area contributed by atoms with Crippen LogP contribution in [0.4, 0.5) is 0 Å². The number of nitrogens with zero attached hydrogens (tertiary/aromatic N) is 1. The molecule has 0 aliphatic rings. The SMILES string of the molecule is Clc1c[nH]c2nscc12. The van der Waals surface area contributed by atoms with Gasteiger partial charge in [-0.15, -0.1) is 0 Å². The molecule has 0 radical (unpaired) electrons. The van der Waals surface area contributed by atoms with Gasteiger partial charge in [-0.3, -0.25) is 0 Å². The van der Waals surface area contributed by atoms with Crippen LogP contribution in [0.5, 0.6) is 0 Å². The molecule has 0 spiro atoms. The number of fused-ring (bicyclic) bond motifs is 1. The van der Waals surface area contributed by atoms with Crippen LogP contribution in [0.2, 0.25) is 5.02 Å². The highest BCUT2D eigenvalue weighted by atomic mass is 35.5. The van der Waals surface area contributed by atoms with Crippen LogP contribution >= 0.6 is 23.1 Å². The van der Waals surface area contributed by atoms with Crippen LogP contribution in [0.15, 0.2) is 11.6 Å². The van der Waals surface area contributed by atoms with Gasteiger partial charge >= 0.3 is 0 Å². The third kappa shape index (κ3) is 0.653. The van der Waals surface area contributed by atoms with Crippen LogP contribution in [0.1, 0.15) is 0 Å². The van der Waals surface area contributed by atoms with E-state index in [1.165, 1.54) is 11.5 Å². The van der Waals surface area contributed by atoms with Crippen molar-refractivity contribution in [3.63, 3.8) is 0 Å². The Labute approximate surface area is 60.6 Å². The Hall–Kier alpha value is -0.540. The Bertz CT molecular complexity index is 324. The number of hydrogen-bond acceptors (Lipinski definition) is 2. The Morgan fingerprint density at radius 3 is 3.33 bits per heavy atom. The molecule has 0 unspecified atom stereocenters. The molecule has 4 heteroatoms. The van der Waals surface area contributed by atoms with Gasteiger partial charge in [-0.05, 0) is 11.5 Å². The van der Waals surface area contributed by atoms with E-state index >= 15 is 0 Å². The van der Waals surface area contributed by atoms with Crippen molar-refractivity contribution in [2.75, 3.05) is 0 Å². The zero-order valence-electron chi connectivity index (χ0n) is 4.39. The van der Waals surface area contributed by atoms with Gasteiger partial charge in [0.05, 0.1) is 5.02 Å². The van der Waals surface area contributed by atoms with E-state index in [9.17, 15) is 0 Å². The van der Waals surface area contributed by atoms with Crippen molar-refractivity contribution < 1.29 is 0 Å². The lowest BCUT2D eigenvalue weighted by Gasteiger charge is -1.70. The third-order valence-electron chi connectivity index (χ3n) is 1.16. The van der Waals surface area contributed by atoms with Gasteiger partial charge in [0.2, 0.25) is 0 Å². The maximum atomic E-state index is 5.75. The first-order valence-electron chi connectivity index (χ1n) is 2.45.